The molecule has 8 heteroatoms. The number of carbonyl (C=O) groups is 1. The third kappa shape index (κ3) is 3.81. The van der Waals surface area contributed by atoms with E-state index in [1.54, 1.807) is 21.0 Å². The van der Waals surface area contributed by atoms with Crippen LogP contribution in [0.3, 0.4) is 0 Å². The largest absolute Gasteiger partial charge is 0.387 e. The Bertz CT molecular complexity index is 906. The molecule has 2 aromatic rings. The molecular weight excluding hydrogens is 382 g/mol. The maximum absolute atomic E-state index is 13.2. The van der Waals surface area contributed by atoms with Crippen molar-refractivity contribution in [2.24, 2.45) is 11.8 Å². The van der Waals surface area contributed by atoms with Gasteiger partial charge in [0.15, 0.2) is 0 Å². The number of likely N-dealkylation sites (tertiary alicyclic amines) is 1. The number of aliphatic hydroxyl groups is 1. The number of fused-ring (bicyclic) bond motifs is 1. The molecule has 162 valence electrons. The van der Waals surface area contributed by atoms with Crippen LogP contribution in [-0.4, -0.2) is 64.3 Å². The quantitative estimate of drug-likeness (QED) is 0.781. The highest BCUT2D eigenvalue weighted by atomic mass is 16.5. The molecule has 1 aromatic carbocycles. The number of rotatable bonds is 5. The highest BCUT2D eigenvalue weighted by Crippen LogP contribution is 2.42. The molecule has 0 unspecified atom stereocenters. The van der Waals surface area contributed by atoms with Crippen LogP contribution < -0.4 is 5.32 Å². The number of carbonyl (C=O) groups excluding carboxylic acids is 1. The maximum atomic E-state index is 13.2. The van der Waals surface area contributed by atoms with Gasteiger partial charge in [-0.05, 0) is 50.7 Å². The summed E-state index contributed by atoms with van der Waals surface area (Å²) in [5, 5.41) is 21.8. The van der Waals surface area contributed by atoms with Gasteiger partial charge in [-0.2, -0.15) is 0 Å². The molecule has 1 amide bonds. The average Bonchev–Trinajstić information content (AvgIpc) is 3.38. The van der Waals surface area contributed by atoms with Gasteiger partial charge in [0.2, 0.25) is 0 Å². The fourth-order valence-corrected chi connectivity index (χ4v) is 4.86. The molecule has 4 rings (SSSR count). The SMILES string of the molecule is CNc1ccccc1C(=O)N1C[C@H]2C[C@@H](n3cc(C(C)(C)O)nn3)[C@H](OC)C[C@H]2C1. The van der Waals surface area contributed by atoms with Crippen molar-refractivity contribution in [2.45, 2.75) is 44.4 Å². The first-order chi connectivity index (χ1) is 14.3. The molecule has 1 aromatic heterocycles. The number of nitrogens with one attached hydrogen (secondary N) is 1. The zero-order chi connectivity index (χ0) is 21.5. The van der Waals surface area contributed by atoms with Gasteiger partial charge in [-0.25, -0.2) is 4.68 Å². The van der Waals surface area contributed by atoms with E-state index in [9.17, 15) is 9.90 Å². The van der Waals surface area contributed by atoms with E-state index in [1.807, 2.05) is 47.1 Å². The molecule has 0 spiro atoms. The van der Waals surface area contributed by atoms with Gasteiger partial charge in [0, 0.05) is 32.9 Å². The molecular formula is C22H31N5O3. The minimum atomic E-state index is -1.03. The zero-order valence-corrected chi connectivity index (χ0v) is 18.1. The molecule has 2 N–H and O–H groups in total. The van der Waals surface area contributed by atoms with Crippen molar-refractivity contribution in [2.75, 3.05) is 32.6 Å². The van der Waals surface area contributed by atoms with Crippen LogP contribution in [0.15, 0.2) is 30.5 Å². The lowest BCUT2D eigenvalue weighted by Crippen LogP contribution is -2.37. The first-order valence-corrected chi connectivity index (χ1v) is 10.5. The fourth-order valence-electron chi connectivity index (χ4n) is 4.86. The van der Waals surface area contributed by atoms with E-state index in [0.717, 1.165) is 31.6 Å². The molecule has 2 aliphatic rings. The first-order valence-electron chi connectivity index (χ1n) is 10.5. The molecule has 1 saturated carbocycles. The molecule has 1 aliphatic carbocycles. The lowest BCUT2D eigenvalue weighted by Gasteiger charge is -2.36. The summed E-state index contributed by atoms with van der Waals surface area (Å²) < 4.78 is 7.65. The van der Waals surface area contributed by atoms with E-state index in [0.29, 0.717) is 23.1 Å². The molecule has 2 fully saturated rings. The van der Waals surface area contributed by atoms with Crippen molar-refractivity contribution >= 4 is 11.6 Å². The zero-order valence-electron chi connectivity index (χ0n) is 18.1. The second-order valence-corrected chi connectivity index (χ2v) is 8.98. The monoisotopic (exact) mass is 413 g/mol. The molecule has 2 heterocycles. The summed E-state index contributed by atoms with van der Waals surface area (Å²) in [6.07, 6.45) is 3.57. The summed E-state index contributed by atoms with van der Waals surface area (Å²) in [6.45, 7) is 4.90. The van der Waals surface area contributed by atoms with Crippen LogP contribution in [0.25, 0.3) is 0 Å². The number of methoxy groups -OCH3 is 1. The summed E-state index contributed by atoms with van der Waals surface area (Å²) in [5.41, 5.74) is 1.08. The number of para-hydroxylation sites is 1. The van der Waals surface area contributed by atoms with E-state index in [4.69, 9.17) is 4.74 Å². The number of hydrogen-bond acceptors (Lipinski definition) is 6. The average molecular weight is 414 g/mol. The Hall–Kier alpha value is -2.45. The number of aromatic nitrogens is 3. The number of benzene rings is 1. The molecule has 4 atom stereocenters. The van der Waals surface area contributed by atoms with Gasteiger partial charge in [0.05, 0.1) is 23.9 Å². The molecule has 0 bridgehead atoms. The number of nitrogens with zero attached hydrogens (tertiary/aromatic N) is 4. The van der Waals surface area contributed by atoms with Gasteiger partial charge in [0.25, 0.3) is 5.91 Å². The predicted octanol–water partition coefficient (Wildman–Crippen LogP) is 2.29. The van der Waals surface area contributed by atoms with Gasteiger partial charge in [-0.15, -0.1) is 5.10 Å². The molecule has 8 nitrogen and oxygen atoms in total. The standard InChI is InChI=1S/C22H31N5O3/c1-22(2,29)20-13-27(25-24-20)18-9-14-11-26(12-15(14)10-19(18)30-4)21(28)16-7-5-6-8-17(16)23-3/h5-8,13-15,18-19,23,29H,9-12H2,1-4H3/t14-,15+,18-,19-/m1/s1. The number of hydrogen-bond donors (Lipinski definition) is 2. The number of ether oxygens (including phenoxy) is 1. The third-order valence-electron chi connectivity index (χ3n) is 6.58. The van der Waals surface area contributed by atoms with E-state index >= 15 is 0 Å². The van der Waals surface area contributed by atoms with E-state index < -0.39 is 5.60 Å². The van der Waals surface area contributed by atoms with Crippen LogP contribution in [0, 0.1) is 11.8 Å². The lowest BCUT2D eigenvalue weighted by atomic mass is 9.77. The lowest BCUT2D eigenvalue weighted by molar-refractivity contribution is -0.00555. The maximum Gasteiger partial charge on any atom is 0.255 e. The molecule has 1 saturated heterocycles. The van der Waals surface area contributed by atoms with E-state index in [-0.39, 0.29) is 18.1 Å². The van der Waals surface area contributed by atoms with Gasteiger partial charge >= 0.3 is 0 Å². The summed E-state index contributed by atoms with van der Waals surface area (Å²) in [7, 11) is 3.57. The van der Waals surface area contributed by atoms with Gasteiger partial charge < -0.3 is 20.1 Å². The van der Waals surface area contributed by atoms with Crippen molar-refractivity contribution in [3.8, 4) is 0 Å². The van der Waals surface area contributed by atoms with Crippen molar-refractivity contribution in [3.05, 3.63) is 41.7 Å². The van der Waals surface area contributed by atoms with E-state index in [2.05, 4.69) is 15.6 Å². The van der Waals surface area contributed by atoms with Gasteiger partial charge in [-0.1, -0.05) is 17.3 Å². The van der Waals surface area contributed by atoms with Crippen LogP contribution in [0.1, 0.15) is 48.8 Å². The predicted molar refractivity (Wildman–Crippen MR) is 113 cm³/mol. The van der Waals surface area contributed by atoms with Gasteiger partial charge in [-0.3, -0.25) is 4.79 Å². The Labute approximate surface area is 177 Å². The van der Waals surface area contributed by atoms with Crippen molar-refractivity contribution in [1.29, 1.82) is 0 Å². The Balaban J connectivity index is 1.51. The Morgan fingerprint density at radius 2 is 1.93 bits per heavy atom. The Kier molecular flexibility index (Phi) is 5.55. The van der Waals surface area contributed by atoms with Crippen LogP contribution >= 0.6 is 0 Å². The smallest absolute Gasteiger partial charge is 0.255 e. The Morgan fingerprint density at radius 3 is 2.57 bits per heavy atom. The molecule has 30 heavy (non-hydrogen) atoms. The second kappa shape index (κ2) is 8.00. The van der Waals surface area contributed by atoms with Crippen molar-refractivity contribution in [3.63, 3.8) is 0 Å². The summed E-state index contributed by atoms with van der Waals surface area (Å²) >= 11 is 0. The minimum Gasteiger partial charge on any atom is -0.387 e. The van der Waals surface area contributed by atoms with Crippen LogP contribution in [0.4, 0.5) is 5.69 Å². The summed E-state index contributed by atoms with van der Waals surface area (Å²) in [4.78, 5) is 15.2. The van der Waals surface area contributed by atoms with E-state index in [1.165, 1.54) is 0 Å². The highest BCUT2D eigenvalue weighted by molar-refractivity contribution is 5.99. The molecule has 0 radical (unpaired) electrons. The van der Waals surface area contributed by atoms with Crippen molar-refractivity contribution < 1.29 is 14.6 Å². The first kappa shape index (κ1) is 20.8. The Morgan fingerprint density at radius 1 is 1.23 bits per heavy atom. The summed E-state index contributed by atoms with van der Waals surface area (Å²) in [6, 6.07) is 7.68. The van der Waals surface area contributed by atoms with Crippen LogP contribution in [0.5, 0.6) is 0 Å². The normalized spacial score (nSPS) is 26.5. The molecule has 1 aliphatic heterocycles. The van der Waals surface area contributed by atoms with Crippen molar-refractivity contribution in [1.82, 2.24) is 19.9 Å². The highest BCUT2D eigenvalue weighted by Gasteiger charge is 2.45. The third-order valence-corrected chi connectivity index (χ3v) is 6.58. The topological polar surface area (TPSA) is 92.5 Å². The summed E-state index contributed by atoms with van der Waals surface area (Å²) in [5.74, 6) is 0.876. The minimum absolute atomic E-state index is 0.00209. The fraction of sp³-hybridized carbons (Fsp3) is 0.591. The van der Waals surface area contributed by atoms with Crippen LogP contribution in [0.2, 0.25) is 0 Å². The number of anilines is 1. The number of amides is 1. The van der Waals surface area contributed by atoms with Gasteiger partial charge in [0.1, 0.15) is 11.3 Å². The second-order valence-electron chi connectivity index (χ2n) is 8.98. The van der Waals surface area contributed by atoms with Crippen LogP contribution in [-0.2, 0) is 10.3 Å².